The minimum Gasteiger partial charge on any atom is -0.378 e. The molecular formula is C11H17Cl3N2. The van der Waals surface area contributed by atoms with Crippen LogP contribution in [0.5, 0.6) is 0 Å². The van der Waals surface area contributed by atoms with Crippen molar-refractivity contribution in [1.29, 1.82) is 0 Å². The predicted molar refractivity (Wildman–Crippen MR) is 75.4 cm³/mol. The van der Waals surface area contributed by atoms with Crippen LogP contribution in [0, 0.1) is 0 Å². The van der Waals surface area contributed by atoms with E-state index in [9.17, 15) is 0 Å². The molecule has 0 saturated carbocycles. The molecule has 0 heterocycles. The highest BCUT2D eigenvalue weighted by atomic mass is 35.5. The molecule has 92 valence electrons. The van der Waals surface area contributed by atoms with Crippen LogP contribution in [0.4, 0.5) is 5.69 Å². The Hall–Kier alpha value is -0.150. The van der Waals surface area contributed by atoms with Gasteiger partial charge in [0.1, 0.15) is 0 Å². The molecule has 0 aliphatic heterocycles. The highest BCUT2D eigenvalue weighted by molar-refractivity contribution is 6.36. The summed E-state index contributed by atoms with van der Waals surface area (Å²) in [6, 6.07) is 3.88. The van der Waals surface area contributed by atoms with Crippen LogP contribution in [-0.4, -0.2) is 20.1 Å². The van der Waals surface area contributed by atoms with Gasteiger partial charge in [-0.1, -0.05) is 23.2 Å². The number of benzene rings is 1. The van der Waals surface area contributed by atoms with Gasteiger partial charge in [-0.25, -0.2) is 0 Å². The molecule has 0 amide bonds. The first-order chi connectivity index (χ1) is 6.91. The topological polar surface area (TPSA) is 29.3 Å². The molecule has 0 radical (unpaired) electrons. The molecule has 1 atom stereocenters. The molecule has 2 N–H and O–H groups in total. The molecule has 1 rings (SSSR count). The fourth-order valence-electron chi connectivity index (χ4n) is 1.36. The van der Waals surface area contributed by atoms with Gasteiger partial charge in [0.25, 0.3) is 0 Å². The third kappa shape index (κ3) is 4.02. The summed E-state index contributed by atoms with van der Waals surface area (Å²) < 4.78 is 0. The van der Waals surface area contributed by atoms with Crippen LogP contribution in [0.3, 0.4) is 0 Å². The Bertz CT molecular complexity index is 328. The standard InChI is InChI=1S/C11H16Cl2N2.ClH/c1-7(14)4-9-10(12)5-8(15(2)3)6-11(9)13;/h5-7H,4,14H2,1-3H3;1H. The van der Waals surface area contributed by atoms with Crippen molar-refractivity contribution in [2.45, 2.75) is 19.4 Å². The molecule has 0 fully saturated rings. The SMILES string of the molecule is CC(N)Cc1c(Cl)cc(N(C)C)cc1Cl.Cl. The number of halogens is 3. The first-order valence-electron chi connectivity index (χ1n) is 4.82. The molecular weight excluding hydrogens is 266 g/mol. The van der Waals surface area contributed by atoms with Gasteiger partial charge >= 0.3 is 0 Å². The maximum atomic E-state index is 6.16. The zero-order valence-electron chi connectivity index (χ0n) is 9.63. The third-order valence-electron chi connectivity index (χ3n) is 2.17. The minimum atomic E-state index is 0. The van der Waals surface area contributed by atoms with Crippen LogP contribution in [0.15, 0.2) is 12.1 Å². The first kappa shape index (κ1) is 15.9. The summed E-state index contributed by atoms with van der Waals surface area (Å²) in [6.45, 7) is 1.94. The van der Waals surface area contributed by atoms with E-state index in [2.05, 4.69) is 0 Å². The van der Waals surface area contributed by atoms with E-state index in [0.717, 1.165) is 11.3 Å². The van der Waals surface area contributed by atoms with E-state index in [-0.39, 0.29) is 18.4 Å². The van der Waals surface area contributed by atoms with Gasteiger partial charge in [0.2, 0.25) is 0 Å². The van der Waals surface area contributed by atoms with E-state index in [0.29, 0.717) is 16.5 Å². The number of anilines is 1. The Labute approximate surface area is 113 Å². The summed E-state index contributed by atoms with van der Waals surface area (Å²) in [4.78, 5) is 1.97. The average molecular weight is 284 g/mol. The molecule has 0 aromatic heterocycles. The smallest absolute Gasteiger partial charge is 0.0474 e. The zero-order valence-corrected chi connectivity index (χ0v) is 12.0. The maximum Gasteiger partial charge on any atom is 0.0474 e. The van der Waals surface area contributed by atoms with Crippen molar-refractivity contribution in [1.82, 2.24) is 0 Å². The van der Waals surface area contributed by atoms with Gasteiger partial charge < -0.3 is 10.6 Å². The predicted octanol–water partition coefficient (Wildman–Crippen LogP) is 3.37. The van der Waals surface area contributed by atoms with Gasteiger partial charge in [-0.15, -0.1) is 12.4 Å². The Morgan fingerprint density at radius 3 is 2.00 bits per heavy atom. The molecule has 1 aromatic rings. The van der Waals surface area contributed by atoms with Crippen LogP contribution >= 0.6 is 35.6 Å². The lowest BCUT2D eigenvalue weighted by atomic mass is 10.1. The second kappa shape index (κ2) is 6.55. The number of nitrogens with two attached hydrogens (primary N) is 1. The summed E-state index contributed by atoms with van der Waals surface area (Å²) in [5.74, 6) is 0. The normalized spacial score (nSPS) is 11.9. The van der Waals surface area contributed by atoms with Crippen LogP contribution < -0.4 is 10.6 Å². The zero-order chi connectivity index (χ0) is 11.6. The Morgan fingerprint density at radius 1 is 1.25 bits per heavy atom. The van der Waals surface area contributed by atoms with Gasteiger partial charge in [-0.3, -0.25) is 0 Å². The van der Waals surface area contributed by atoms with Crippen LogP contribution in [-0.2, 0) is 6.42 Å². The number of nitrogens with zero attached hydrogens (tertiary/aromatic N) is 1. The van der Waals surface area contributed by atoms with Gasteiger partial charge in [0, 0.05) is 35.9 Å². The summed E-state index contributed by atoms with van der Waals surface area (Å²) in [5, 5.41) is 1.37. The van der Waals surface area contributed by atoms with E-state index < -0.39 is 0 Å². The summed E-state index contributed by atoms with van der Waals surface area (Å²) in [6.07, 6.45) is 0.700. The van der Waals surface area contributed by atoms with E-state index in [4.69, 9.17) is 28.9 Å². The van der Waals surface area contributed by atoms with Crippen molar-refractivity contribution in [3.63, 3.8) is 0 Å². The third-order valence-corrected chi connectivity index (χ3v) is 2.84. The van der Waals surface area contributed by atoms with Crippen molar-refractivity contribution < 1.29 is 0 Å². The molecule has 0 saturated heterocycles. The molecule has 16 heavy (non-hydrogen) atoms. The second-order valence-corrected chi connectivity index (χ2v) is 4.78. The Kier molecular flexibility index (Phi) is 6.49. The molecule has 1 unspecified atom stereocenters. The fraction of sp³-hybridized carbons (Fsp3) is 0.455. The van der Waals surface area contributed by atoms with E-state index in [1.807, 2.05) is 38.1 Å². The number of hydrogen-bond donors (Lipinski definition) is 1. The molecule has 2 nitrogen and oxygen atoms in total. The van der Waals surface area contributed by atoms with Crippen molar-refractivity contribution in [2.24, 2.45) is 5.73 Å². The Balaban J connectivity index is 0.00000225. The summed E-state index contributed by atoms with van der Waals surface area (Å²) >= 11 is 12.3. The maximum absolute atomic E-state index is 6.16. The van der Waals surface area contributed by atoms with Gasteiger partial charge in [-0.05, 0) is 31.0 Å². The molecule has 0 aliphatic rings. The summed E-state index contributed by atoms with van der Waals surface area (Å²) in [7, 11) is 3.90. The van der Waals surface area contributed by atoms with E-state index >= 15 is 0 Å². The molecule has 5 heteroatoms. The van der Waals surface area contributed by atoms with Crippen molar-refractivity contribution >= 4 is 41.3 Å². The van der Waals surface area contributed by atoms with Crippen LogP contribution in [0.1, 0.15) is 12.5 Å². The minimum absolute atomic E-state index is 0. The fourth-order valence-corrected chi connectivity index (χ4v) is 1.99. The van der Waals surface area contributed by atoms with Gasteiger partial charge in [-0.2, -0.15) is 0 Å². The van der Waals surface area contributed by atoms with Crippen LogP contribution in [0.2, 0.25) is 10.0 Å². The van der Waals surface area contributed by atoms with Crippen molar-refractivity contribution in [3.05, 3.63) is 27.7 Å². The highest BCUT2D eigenvalue weighted by Crippen LogP contribution is 2.30. The van der Waals surface area contributed by atoms with Gasteiger partial charge in [0.15, 0.2) is 0 Å². The number of hydrogen-bond acceptors (Lipinski definition) is 2. The molecule has 0 spiro atoms. The van der Waals surface area contributed by atoms with Crippen LogP contribution in [0.25, 0.3) is 0 Å². The summed E-state index contributed by atoms with van der Waals surface area (Å²) in [5.41, 5.74) is 7.66. The quantitative estimate of drug-likeness (QED) is 0.921. The lowest BCUT2D eigenvalue weighted by Gasteiger charge is -2.16. The first-order valence-corrected chi connectivity index (χ1v) is 5.58. The Morgan fingerprint density at radius 2 is 1.69 bits per heavy atom. The monoisotopic (exact) mass is 282 g/mol. The van der Waals surface area contributed by atoms with Crippen molar-refractivity contribution in [3.8, 4) is 0 Å². The average Bonchev–Trinajstić information content (AvgIpc) is 2.10. The van der Waals surface area contributed by atoms with E-state index in [1.165, 1.54) is 0 Å². The molecule has 0 bridgehead atoms. The van der Waals surface area contributed by atoms with Crippen molar-refractivity contribution in [2.75, 3.05) is 19.0 Å². The second-order valence-electron chi connectivity index (χ2n) is 3.96. The largest absolute Gasteiger partial charge is 0.378 e. The highest BCUT2D eigenvalue weighted by Gasteiger charge is 2.10. The lowest BCUT2D eigenvalue weighted by Crippen LogP contribution is -2.18. The molecule has 0 aliphatic carbocycles. The number of rotatable bonds is 3. The van der Waals surface area contributed by atoms with Gasteiger partial charge in [0.05, 0.1) is 0 Å². The lowest BCUT2D eigenvalue weighted by molar-refractivity contribution is 0.738. The molecule has 1 aromatic carbocycles. The van der Waals surface area contributed by atoms with E-state index in [1.54, 1.807) is 0 Å².